The van der Waals surface area contributed by atoms with Gasteiger partial charge in [0.25, 0.3) is 0 Å². The number of hydrogen-bond donors (Lipinski definition) is 0. The Morgan fingerprint density at radius 2 is 1.90 bits per heavy atom. The summed E-state index contributed by atoms with van der Waals surface area (Å²) in [4.78, 5) is 11.3. The van der Waals surface area contributed by atoms with E-state index in [0.717, 1.165) is 23.1 Å². The van der Waals surface area contributed by atoms with Crippen LogP contribution in [-0.4, -0.2) is 16.1 Å². The van der Waals surface area contributed by atoms with Gasteiger partial charge in [0.2, 0.25) is 0 Å². The van der Waals surface area contributed by atoms with Crippen LogP contribution in [0.15, 0.2) is 54.7 Å². The highest BCUT2D eigenvalue weighted by Crippen LogP contribution is 2.24. The normalized spacial score (nSPS) is 10.6. The summed E-state index contributed by atoms with van der Waals surface area (Å²) >= 11 is 6.15. The maximum atomic E-state index is 11.3. The van der Waals surface area contributed by atoms with Crippen molar-refractivity contribution in [3.8, 4) is 16.9 Å². The third-order valence-electron chi connectivity index (χ3n) is 3.34. The number of halogens is 1. The van der Waals surface area contributed by atoms with E-state index in [4.69, 9.17) is 11.6 Å². The lowest BCUT2D eigenvalue weighted by atomic mass is 10.1. The van der Waals surface area contributed by atoms with Crippen LogP contribution in [-0.2, 0) is 0 Å². The van der Waals surface area contributed by atoms with Crippen LogP contribution in [0, 0.1) is 6.92 Å². The van der Waals surface area contributed by atoms with Crippen molar-refractivity contribution in [2.24, 2.45) is 0 Å². The van der Waals surface area contributed by atoms with Crippen LogP contribution < -0.4 is 0 Å². The second-order valence-corrected chi connectivity index (χ2v) is 5.20. The summed E-state index contributed by atoms with van der Waals surface area (Å²) in [6.07, 6.45) is 2.54. The molecule has 0 aliphatic rings. The lowest BCUT2D eigenvalue weighted by molar-refractivity contribution is 0.112. The molecule has 0 atom stereocenters. The summed E-state index contributed by atoms with van der Waals surface area (Å²) in [7, 11) is 0. The van der Waals surface area contributed by atoms with Crippen LogP contribution in [0.1, 0.15) is 15.9 Å². The van der Waals surface area contributed by atoms with Crippen LogP contribution in [0.4, 0.5) is 0 Å². The van der Waals surface area contributed by atoms with Crippen LogP contribution in [0.5, 0.6) is 0 Å². The SMILES string of the molecule is Cc1ccc(-n2cc(C=O)c(-c3ccccc3)n2)cc1Cl. The second kappa shape index (κ2) is 5.54. The Bertz CT molecular complexity index is 794. The topological polar surface area (TPSA) is 34.9 Å². The van der Waals surface area contributed by atoms with Gasteiger partial charge in [0.15, 0.2) is 6.29 Å². The molecule has 0 amide bonds. The second-order valence-electron chi connectivity index (χ2n) is 4.79. The first kappa shape index (κ1) is 13.6. The smallest absolute Gasteiger partial charge is 0.153 e. The number of hydrogen-bond acceptors (Lipinski definition) is 2. The van der Waals surface area contributed by atoms with Gasteiger partial charge in [-0.3, -0.25) is 4.79 Å². The van der Waals surface area contributed by atoms with E-state index in [-0.39, 0.29) is 0 Å². The molecular weight excluding hydrogens is 284 g/mol. The molecule has 21 heavy (non-hydrogen) atoms. The molecule has 0 fully saturated rings. The van der Waals surface area contributed by atoms with Crippen molar-refractivity contribution >= 4 is 17.9 Å². The van der Waals surface area contributed by atoms with E-state index < -0.39 is 0 Å². The molecule has 0 radical (unpaired) electrons. The lowest BCUT2D eigenvalue weighted by Gasteiger charge is -2.04. The standard InChI is InChI=1S/C17H13ClN2O/c1-12-7-8-15(9-16(12)18)20-10-14(11-21)17(19-20)13-5-3-2-4-6-13/h2-11H,1H3. The van der Waals surface area contributed by atoms with Crippen molar-refractivity contribution in [3.63, 3.8) is 0 Å². The van der Waals surface area contributed by atoms with Crippen molar-refractivity contribution in [3.05, 3.63) is 70.9 Å². The molecule has 1 aromatic heterocycles. The van der Waals surface area contributed by atoms with Crippen molar-refractivity contribution in [2.45, 2.75) is 6.92 Å². The van der Waals surface area contributed by atoms with Gasteiger partial charge in [0.05, 0.1) is 11.3 Å². The summed E-state index contributed by atoms with van der Waals surface area (Å²) in [5.74, 6) is 0. The van der Waals surface area contributed by atoms with Gasteiger partial charge in [0, 0.05) is 16.8 Å². The highest BCUT2D eigenvalue weighted by Gasteiger charge is 2.11. The third-order valence-corrected chi connectivity index (χ3v) is 3.74. The molecule has 0 spiro atoms. The molecule has 0 N–H and O–H groups in total. The van der Waals surface area contributed by atoms with E-state index >= 15 is 0 Å². The predicted octanol–water partition coefficient (Wildman–Crippen LogP) is 4.31. The fraction of sp³-hybridized carbons (Fsp3) is 0.0588. The van der Waals surface area contributed by atoms with Crippen LogP contribution >= 0.6 is 11.6 Å². The number of carbonyl (C=O) groups is 1. The summed E-state index contributed by atoms with van der Waals surface area (Å²) < 4.78 is 1.68. The van der Waals surface area contributed by atoms with Gasteiger partial charge in [0.1, 0.15) is 5.69 Å². The van der Waals surface area contributed by atoms with Crippen molar-refractivity contribution < 1.29 is 4.79 Å². The molecule has 0 bridgehead atoms. The molecule has 0 saturated heterocycles. The average molecular weight is 297 g/mol. The Balaban J connectivity index is 2.11. The first-order chi connectivity index (χ1) is 10.2. The molecule has 1 heterocycles. The van der Waals surface area contributed by atoms with E-state index in [9.17, 15) is 4.79 Å². The number of nitrogens with zero attached hydrogens (tertiary/aromatic N) is 2. The van der Waals surface area contributed by atoms with Gasteiger partial charge in [-0.2, -0.15) is 5.10 Å². The molecule has 0 unspecified atom stereocenters. The Hall–Kier alpha value is -2.39. The Labute approximate surface area is 127 Å². The quantitative estimate of drug-likeness (QED) is 0.675. The summed E-state index contributed by atoms with van der Waals surface area (Å²) in [5.41, 5.74) is 3.97. The highest BCUT2D eigenvalue weighted by atomic mass is 35.5. The molecular formula is C17H13ClN2O. The predicted molar refractivity (Wildman–Crippen MR) is 84.1 cm³/mol. The number of aldehydes is 1. The molecule has 3 rings (SSSR count). The van der Waals surface area contributed by atoms with Crippen molar-refractivity contribution in [1.82, 2.24) is 9.78 Å². The van der Waals surface area contributed by atoms with Crippen molar-refractivity contribution in [2.75, 3.05) is 0 Å². The molecule has 2 aromatic carbocycles. The molecule has 104 valence electrons. The molecule has 3 aromatic rings. The van der Waals surface area contributed by atoms with Gasteiger partial charge in [-0.15, -0.1) is 0 Å². The molecule has 0 saturated carbocycles. The number of benzene rings is 2. The minimum absolute atomic E-state index is 0.554. The third kappa shape index (κ3) is 2.60. The van der Waals surface area contributed by atoms with Gasteiger partial charge in [-0.25, -0.2) is 4.68 Å². The first-order valence-electron chi connectivity index (χ1n) is 6.56. The zero-order chi connectivity index (χ0) is 14.8. The largest absolute Gasteiger partial charge is 0.298 e. The summed E-state index contributed by atoms with van der Waals surface area (Å²) in [5, 5.41) is 5.20. The Morgan fingerprint density at radius 1 is 1.14 bits per heavy atom. The average Bonchev–Trinajstić information content (AvgIpc) is 2.95. The fourth-order valence-electron chi connectivity index (χ4n) is 2.15. The Morgan fingerprint density at radius 3 is 2.57 bits per heavy atom. The summed E-state index contributed by atoms with van der Waals surface area (Å²) in [6, 6.07) is 15.3. The van der Waals surface area contributed by atoms with Gasteiger partial charge in [-0.1, -0.05) is 48.0 Å². The van der Waals surface area contributed by atoms with E-state index in [0.29, 0.717) is 16.3 Å². The molecule has 0 aliphatic carbocycles. The van der Waals surface area contributed by atoms with Crippen molar-refractivity contribution in [1.29, 1.82) is 0 Å². The minimum Gasteiger partial charge on any atom is -0.298 e. The molecule has 0 aliphatic heterocycles. The highest BCUT2D eigenvalue weighted by molar-refractivity contribution is 6.31. The number of rotatable bonds is 3. The fourth-order valence-corrected chi connectivity index (χ4v) is 2.33. The lowest BCUT2D eigenvalue weighted by Crippen LogP contribution is -1.95. The molecule has 3 nitrogen and oxygen atoms in total. The van der Waals surface area contributed by atoms with Crippen LogP contribution in [0.2, 0.25) is 5.02 Å². The van der Waals surface area contributed by atoms with Gasteiger partial charge < -0.3 is 0 Å². The van der Waals surface area contributed by atoms with E-state index in [1.54, 1.807) is 10.9 Å². The van der Waals surface area contributed by atoms with E-state index in [1.807, 2.05) is 55.5 Å². The van der Waals surface area contributed by atoms with E-state index in [2.05, 4.69) is 5.10 Å². The Kier molecular flexibility index (Phi) is 3.59. The monoisotopic (exact) mass is 296 g/mol. The summed E-state index contributed by atoms with van der Waals surface area (Å²) in [6.45, 7) is 1.95. The first-order valence-corrected chi connectivity index (χ1v) is 6.93. The maximum absolute atomic E-state index is 11.3. The minimum atomic E-state index is 0.554. The molecule has 4 heteroatoms. The maximum Gasteiger partial charge on any atom is 0.153 e. The zero-order valence-electron chi connectivity index (χ0n) is 11.5. The van der Waals surface area contributed by atoms with Gasteiger partial charge >= 0.3 is 0 Å². The number of aryl methyl sites for hydroxylation is 1. The zero-order valence-corrected chi connectivity index (χ0v) is 12.2. The van der Waals surface area contributed by atoms with E-state index in [1.165, 1.54) is 0 Å². The van der Waals surface area contributed by atoms with Crippen LogP contribution in [0.25, 0.3) is 16.9 Å². The number of aromatic nitrogens is 2. The van der Waals surface area contributed by atoms with Gasteiger partial charge in [-0.05, 0) is 24.6 Å². The number of carbonyl (C=O) groups excluding carboxylic acids is 1. The van der Waals surface area contributed by atoms with Crippen LogP contribution in [0.3, 0.4) is 0 Å².